The van der Waals surface area contributed by atoms with Crippen LogP contribution in [0.4, 0.5) is 10.5 Å². The van der Waals surface area contributed by atoms with Crippen molar-refractivity contribution in [3.05, 3.63) is 65.7 Å². The monoisotopic (exact) mass is 334 g/mol. The zero-order valence-electron chi connectivity index (χ0n) is 14.2. The van der Waals surface area contributed by atoms with Crippen molar-refractivity contribution in [2.75, 3.05) is 38.0 Å². The second-order valence-corrected chi connectivity index (χ2v) is 6.19. The molecule has 2 aromatic rings. The number of nitriles is 1. The molecule has 0 bridgehead atoms. The van der Waals surface area contributed by atoms with Gasteiger partial charge in [0.25, 0.3) is 0 Å². The molecular weight excluding hydrogens is 312 g/mol. The van der Waals surface area contributed by atoms with Crippen LogP contribution in [0.1, 0.15) is 11.1 Å². The number of benzene rings is 2. The number of hydrogen-bond acceptors (Lipinski definition) is 3. The van der Waals surface area contributed by atoms with Crippen LogP contribution in [0.2, 0.25) is 0 Å². The third-order valence-electron chi connectivity index (χ3n) is 4.46. The molecule has 2 aromatic carbocycles. The van der Waals surface area contributed by atoms with Crippen molar-refractivity contribution in [1.82, 2.24) is 9.80 Å². The third kappa shape index (κ3) is 4.82. The van der Waals surface area contributed by atoms with Gasteiger partial charge < -0.3 is 10.2 Å². The van der Waals surface area contributed by atoms with Crippen molar-refractivity contribution in [2.45, 2.75) is 6.42 Å². The zero-order chi connectivity index (χ0) is 17.5. The second kappa shape index (κ2) is 8.32. The Hall–Kier alpha value is -2.84. The molecule has 5 nitrogen and oxygen atoms in total. The molecule has 0 spiro atoms. The lowest BCUT2D eigenvalue weighted by Crippen LogP contribution is -2.50. The molecule has 1 fully saturated rings. The van der Waals surface area contributed by atoms with E-state index in [0.717, 1.165) is 39.1 Å². The van der Waals surface area contributed by atoms with Crippen LogP contribution in [0.25, 0.3) is 0 Å². The fraction of sp³-hybridized carbons (Fsp3) is 0.300. The first-order chi connectivity index (χ1) is 12.2. The van der Waals surface area contributed by atoms with Crippen LogP contribution in [-0.4, -0.2) is 48.6 Å². The minimum atomic E-state index is -0.0993. The molecule has 5 heteroatoms. The lowest BCUT2D eigenvalue weighted by atomic mass is 10.1. The van der Waals surface area contributed by atoms with Gasteiger partial charge in [-0.1, -0.05) is 36.4 Å². The molecule has 0 aromatic heterocycles. The van der Waals surface area contributed by atoms with Gasteiger partial charge >= 0.3 is 6.03 Å². The van der Waals surface area contributed by atoms with Gasteiger partial charge in [-0.05, 0) is 30.2 Å². The summed E-state index contributed by atoms with van der Waals surface area (Å²) >= 11 is 0. The molecule has 0 saturated carbocycles. The van der Waals surface area contributed by atoms with Gasteiger partial charge in [0, 0.05) is 38.4 Å². The Balaban J connectivity index is 1.45. The molecule has 1 aliphatic rings. The van der Waals surface area contributed by atoms with E-state index in [9.17, 15) is 4.79 Å². The summed E-state index contributed by atoms with van der Waals surface area (Å²) in [5.74, 6) is 0. The van der Waals surface area contributed by atoms with Gasteiger partial charge in [0.2, 0.25) is 0 Å². The Morgan fingerprint density at radius 1 is 1.04 bits per heavy atom. The van der Waals surface area contributed by atoms with Crippen molar-refractivity contribution >= 4 is 11.7 Å². The predicted molar refractivity (Wildman–Crippen MR) is 98.3 cm³/mol. The highest BCUT2D eigenvalue weighted by Crippen LogP contribution is 2.12. The number of nitrogens with one attached hydrogen (secondary N) is 1. The number of anilines is 1. The minimum Gasteiger partial charge on any atom is -0.322 e. The number of carbonyl (C=O) groups excluding carboxylic acids is 1. The molecule has 1 N–H and O–H groups in total. The Bertz CT molecular complexity index is 746. The average Bonchev–Trinajstić information content (AvgIpc) is 2.67. The fourth-order valence-electron chi connectivity index (χ4n) is 2.98. The van der Waals surface area contributed by atoms with E-state index in [-0.39, 0.29) is 6.03 Å². The second-order valence-electron chi connectivity index (χ2n) is 6.19. The molecular formula is C20H22N4O. The van der Waals surface area contributed by atoms with Gasteiger partial charge in [0.05, 0.1) is 11.6 Å². The van der Waals surface area contributed by atoms with E-state index in [4.69, 9.17) is 5.26 Å². The van der Waals surface area contributed by atoms with E-state index in [1.54, 1.807) is 24.3 Å². The summed E-state index contributed by atoms with van der Waals surface area (Å²) in [6.45, 7) is 4.23. The maximum Gasteiger partial charge on any atom is 0.321 e. The average molecular weight is 334 g/mol. The van der Waals surface area contributed by atoms with E-state index in [1.165, 1.54) is 5.56 Å². The van der Waals surface area contributed by atoms with Crippen LogP contribution in [0, 0.1) is 11.3 Å². The summed E-state index contributed by atoms with van der Waals surface area (Å²) in [4.78, 5) is 16.6. The normalized spacial score (nSPS) is 14.8. The molecule has 0 unspecified atom stereocenters. The standard InChI is InChI=1S/C20H22N4O/c21-16-18-7-4-8-19(15-18)22-20(25)24-13-11-23(12-14-24)10-9-17-5-2-1-3-6-17/h1-8,15H,9-14H2,(H,22,25). The third-order valence-corrected chi connectivity index (χ3v) is 4.46. The van der Waals surface area contributed by atoms with Crippen molar-refractivity contribution in [1.29, 1.82) is 5.26 Å². The quantitative estimate of drug-likeness (QED) is 0.935. The summed E-state index contributed by atoms with van der Waals surface area (Å²) in [5.41, 5.74) is 2.55. The lowest BCUT2D eigenvalue weighted by Gasteiger charge is -2.34. The number of amides is 2. The van der Waals surface area contributed by atoms with Crippen LogP contribution >= 0.6 is 0 Å². The summed E-state index contributed by atoms with van der Waals surface area (Å²) < 4.78 is 0. The van der Waals surface area contributed by atoms with Crippen molar-refractivity contribution < 1.29 is 4.79 Å². The van der Waals surface area contributed by atoms with Gasteiger partial charge in [0.1, 0.15) is 0 Å². The van der Waals surface area contributed by atoms with Gasteiger partial charge in [0.15, 0.2) is 0 Å². The van der Waals surface area contributed by atoms with Gasteiger partial charge in [-0.2, -0.15) is 5.26 Å². The van der Waals surface area contributed by atoms with Crippen molar-refractivity contribution in [3.63, 3.8) is 0 Å². The Labute approximate surface area is 148 Å². The summed E-state index contributed by atoms with van der Waals surface area (Å²) in [6.07, 6.45) is 1.04. The van der Waals surface area contributed by atoms with E-state index >= 15 is 0 Å². The summed E-state index contributed by atoms with van der Waals surface area (Å²) in [7, 11) is 0. The molecule has 1 aliphatic heterocycles. The predicted octanol–water partition coefficient (Wildman–Crippen LogP) is 2.95. The number of nitrogens with zero attached hydrogens (tertiary/aromatic N) is 3. The Kier molecular flexibility index (Phi) is 5.65. The number of hydrogen-bond donors (Lipinski definition) is 1. The maximum absolute atomic E-state index is 12.4. The van der Waals surface area contributed by atoms with E-state index in [2.05, 4.69) is 40.6 Å². The van der Waals surface area contributed by atoms with E-state index in [1.807, 2.05) is 11.0 Å². The first-order valence-corrected chi connectivity index (χ1v) is 8.57. The Morgan fingerprint density at radius 2 is 1.80 bits per heavy atom. The smallest absolute Gasteiger partial charge is 0.321 e. The van der Waals surface area contributed by atoms with Crippen LogP contribution in [0.3, 0.4) is 0 Å². The first kappa shape index (κ1) is 17.0. The fourth-order valence-corrected chi connectivity index (χ4v) is 2.98. The molecule has 1 saturated heterocycles. The topological polar surface area (TPSA) is 59.4 Å². The lowest BCUT2D eigenvalue weighted by molar-refractivity contribution is 0.148. The highest BCUT2D eigenvalue weighted by Gasteiger charge is 2.20. The van der Waals surface area contributed by atoms with Crippen LogP contribution in [0.15, 0.2) is 54.6 Å². The SMILES string of the molecule is N#Cc1cccc(NC(=O)N2CCN(CCc3ccccc3)CC2)c1. The summed E-state index contributed by atoms with van der Waals surface area (Å²) in [5, 5.41) is 11.8. The Morgan fingerprint density at radius 3 is 2.52 bits per heavy atom. The highest BCUT2D eigenvalue weighted by atomic mass is 16.2. The molecule has 3 rings (SSSR count). The minimum absolute atomic E-state index is 0.0993. The number of piperazine rings is 1. The van der Waals surface area contributed by atoms with Crippen LogP contribution in [0.5, 0.6) is 0 Å². The molecule has 25 heavy (non-hydrogen) atoms. The van der Waals surface area contributed by atoms with Crippen molar-refractivity contribution in [2.24, 2.45) is 0 Å². The number of carbonyl (C=O) groups is 1. The van der Waals surface area contributed by atoms with Gasteiger partial charge in [-0.25, -0.2) is 4.79 Å². The molecule has 0 aliphatic carbocycles. The van der Waals surface area contributed by atoms with E-state index in [0.29, 0.717) is 11.3 Å². The van der Waals surface area contributed by atoms with Gasteiger partial charge in [-0.3, -0.25) is 4.90 Å². The zero-order valence-corrected chi connectivity index (χ0v) is 14.2. The van der Waals surface area contributed by atoms with E-state index < -0.39 is 0 Å². The van der Waals surface area contributed by atoms with Crippen LogP contribution in [-0.2, 0) is 6.42 Å². The first-order valence-electron chi connectivity index (χ1n) is 8.57. The number of urea groups is 1. The number of rotatable bonds is 4. The largest absolute Gasteiger partial charge is 0.322 e. The maximum atomic E-state index is 12.4. The van der Waals surface area contributed by atoms with Crippen LogP contribution < -0.4 is 5.32 Å². The highest BCUT2D eigenvalue weighted by molar-refractivity contribution is 5.89. The molecule has 1 heterocycles. The summed E-state index contributed by atoms with van der Waals surface area (Å²) in [6, 6.07) is 19.4. The molecule has 0 atom stereocenters. The molecule has 2 amide bonds. The molecule has 0 radical (unpaired) electrons. The van der Waals surface area contributed by atoms with Gasteiger partial charge in [-0.15, -0.1) is 0 Å². The molecule has 128 valence electrons. The van der Waals surface area contributed by atoms with Crippen molar-refractivity contribution in [3.8, 4) is 6.07 Å².